The lowest BCUT2D eigenvalue weighted by atomic mass is 9.99. The molecule has 0 amide bonds. The van der Waals surface area contributed by atoms with Gasteiger partial charge in [0.1, 0.15) is 73.2 Å². The summed E-state index contributed by atoms with van der Waals surface area (Å²) in [5.41, 5.74) is 0. The molecule has 12 N–H and O–H groups in total. The van der Waals surface area contributed by atoms with E-state index in [0.29, 0.717) is 0 Å². The standard InChI is InChI=1S/C20H34O19/c21-1-4-7(24)10(27)13(30)17(34-4)37-16(33)20(38-18-14(31)11(28)8(25)5(2-22)35-18)39-19-15(32)12(29)9(26)6(3-23)36-19/h4-15,17-32H,1-3H2/t4-,5-,6-,7-,8-,9-,10+,11+,12+,13-,14-,15-,17?,18?,19?,20?/m1/s1. The number of aliphatic hydroxyl groups excluding tert-OH is 12. The van der Waals surface area contributed by atoms with E-state index in [0.717, 1.165) is 0 Å². The van der Waals surface area contributed by atoms with Crippen LogP contribution in [0.15, 0.2) is 0 Å². The molecular weight excluding hydrogens is 544 g/mol. The van der Waals surface area contributed by atoms with E-state index in [1.807, 2.05) is 0 Å². The third-order valence-electron chi connectivity index (χ3n) is 6.49. The third kappa shape index (κ3) is 6.82. The highest BCUT2D eigenvalue weighted by Crippen LogP contribution is 2.28. The van der Waals surface area contributed by atoms with Crippen molar-refractivity contribution in [1.29, 1.82) is 0 Å². The average molecular weight is 578 g/mol. The zero-order chi connectivity index (χ0) is 29.2. The first-order chi connectivity index (χ1) is 18.4. The Balaban J connectivity index is 1.84. The van der Waals surface area contributed by atoms with Gasteiger partial charge in [0.25, 0.3) is 6.29 Å². The molecule has 3 aliphatic rings. The van der Waals surface area contributed by atoms with Crippen molar-refractivity contribution >= 4 is 5.97 Å². The Morgan fingerprint density at radius 2 is 0.821 bits per heavy atom. The SMILES string of the molecule is O=C(OC1O[C@H](CO)[C@@H](O)[C@H](O)[C@H]1O)C(OC1O[C@H](CO)[C@@H](O)[C@H](O)[C@H]1O)OC1O[C@H](CO)[C@@H](O)[C@H](O)[C@H]1O. The van der Waals surface area contributed by atoms with E-state index in [4.69, 9.17) is 28.4 Å². The van der Waals surface area contributed by atoms with Gasteiger partial charge >= 0.3 is 5.97 Å². The fourth-order valence-electron chi connectivity index (χ4n) is 4.08. The van der Waals surface area contributed by atoms with Gasteiger partial charge in [-0.2, -0.15) is 0 Å². The Labute approximate surface area is 219 Å². The predicted molar refractivity (Wildman–Crippen MR) is 113 cm³/mol. The number of esters is 1. The van der Waals surface area contributed by atoms with E-state index in [-0.39, 0.29) is 0 Å². The minimum atomic E-state index is -2.46. The fraction of sp³-hybridized carbons (Fsp3) is 0.950. The van der Waals surface area contributed by atoms with Crippen LogP contribution < -0.4 is 0 Å². The van der Waals surface area contributed by atoms with Crippen LogP contribution in [0.5, 0.6) is 0 Å². The molecule has 0 aromatic rings. The molecule has 0 aliphatic carbocycles. The van der Waals surface area contributed by atoms with E-state index < -0.39 is 124 Å². The second-order valence-corrected chi connectivity index (χ2v) is 9.13. The van der Waals surface area contributed by atoms with Gasteiger partial charge in [-0.1, -0.05) is 0 Å². The number of hydrogen-bond acceptors (Lipinski definition) is 19. The lowest BCUT2D eigenvalue weighted by Gasteiger charge is -2.43. The number of carbonyl (C=O) groups excluding carboxylic acids is 1. The molecule has 228 valence electrons. The first-order valence-corrected chi connectivity index (χ1v) is 11.8. The summed E-state index contributed by atoms with van der Waals surface area (Å²) in [7, 11) is 0. The van der Waals surface area contributed by atoms with E-state index in [2.05, 4.69) is 0 Å². The lowest BCUT2D eigenvalue weighted by Crippen LogP contribution is -2.63. The van der Waals surface area contributed by atoms with Crippen molar-refractivity contribution in [3.63, 3.8) is 0 Å². The highest BCUT2D eigenvalue weighted by Gasteiger charge is 2.51. The summed E-state index contributed by atoms with van der Waals surface area (Å²) in [4.78, 5) is 13.0. The summed E-state index contributed by atoms with van der Waals surface area (Å²) in [5.74, 6) is -1.65. The summed E-state index contributed by atoms with van der Waals surface area (Å²) in [6.07, 6.45) is -30.5. The lowest BCUT2D eigenvalue weighted by molar-refractivity contribution is -0.376. The largest absolute Gasteiger partial charge is 0.429 e. The second-order valence-electron chi connectivity index (χ2n) is 9.13. The molecule has 19 nitrogen and oxygen atoms in total. The van der Waals surface area contributed by atoms with E-state index in [1.54, 1.807) is 0 Å². The molecule has 0 aromatic carbocycles. The smallest absolute Gasteiger partial charge is 0.366 e. The van der Waals surface area contributed by atoms with Crippen molar-refractivity contribution in [1.82, 2.24) is 0 Å². The van der Waals surface area contributed by atoms with E-state index in [9.17, 15) is 66.1 Å². The van der Waals surface area contributed by atoms with Crippen LogP contribution in [0.1, 0.15) is 0 Å². The van der Waals surface area contributed by atoms with Gasteiger partial charge in [-0.3, -0.25) is 0 Å². The quantitative estimate of drug-likeness (QED) is 0.0892. The zero-order valence-electron chi connectivity index (χ0n) is 20.1. The summed E-state index contributed by atoms with van der Waals surface area (Å²) in [6, 6.07) is 0. The molecule has 3 fully saturated rings. The van der Waals surface area contributed by atoms with Gasteiger partial charge in [-0.15, -0.1) is 0 Å². The minimum Gasteiger partial charge on any atom is -0.429 e. The predicted octanol–water partition coefficient (Wildman–Crippen LogP) is -8.71. The Hall–Kier alpha value is -1.21. The molecule has 0 aromatic heterocycles. The van der Waals surface area contributed by atoms with Crippen LogP contribution in [0.25, 0.3) is 0 Å². The molecule has 3 heterocycles. The molecule has 0 saturated carbocycles. The summed E-state index contributed by atoms with van der Waals surface area (Å²) in [6.45, 7) is -2.62. The van der Waals surface area contributed by atoms with Crippen molar-refractivity contribution in [2.24, 2.45) is 0 Å². The van der Waals surface area contributed by atoms with Crippen LogP contribution in [0.2, 0.25) is 0 Å². The van der Waals surface area contributed by atoms with Gasteiger partial charge in [0.05, 0.1) is 19.8 Å². The normalized spacial score (nSPS) is 47.9. The van der Waals surface area contributed by atoms with Gasteiger partial charge < -0.3 is 89.7 Å². The topological polar surface area (TPSA) is 315 Å². The molecule has 3 rings (SSSR count). The van der Waals surface area contributed by atoms with Crippen LogP contribution in [-0.2, 0) is 33.2 Å². The molecule has 15 atom stereocenters. The first kappa shape index (κ1) is 32.3. The molecule has 19 heteroatoms. The Morgan fingerprint density at radius 3 is 1.15 bits per heavy atom. The number of hydrogen-bond donors (Lipinski definition) is 12. The average Bonchev–Trinajstić information content (AvgIpc) is 2.92. The zero-order valence-corrected chi connectivity index (χ0v) is 20.1. The van der Waals surface area contributed by atoms with Crippen molar-refractivity contribution in [2.75, 3.05) is 19.8 Å². The molecule has 3 aliphatic heterocycles. The molecule has 0 radical (unpaired) electrons. The molecule has 3 unspecified atom stereocenters. The molecule has 3 saturated heterocycles. The second kappa shape index (κ2) is 13.6. The number of rotatable bonds is 9. The van der Waals surface area contributed by atoms with Crippen molar-refractivity contribution in [3.8, 4) is 0 Å². The van der Waals surface area contributed by atoms with Gasteiger partial charge in [-0.05, 0) is 0 Å². The Morgan fingerprint density at radius 1 is 0.513 bits per heavy atom. The highest BCUT2D eigenvalue weighted by atomic mass is 16.8. The van der Waals surface area contributed by atoms with Crippen LogP contribution in [0, 0.1) is 0 Å². The monoisotopic (exact) mass is 578 g/mol. The number of aliphatic hydroxyl groups is 12. The van der Waals surface area contributed by atoms with Gasteiger partial charge in [0, 0.05) is 0 Å². The highest BCUT2D eigenvalue weighted by molar-refractivity contribution is 5.73. The Kier molecular flexibility index (Phi) is 11.3. The van der Waals surface area contributed by atoms with Crippen LogP contribution in [0.3, 0.4) is 0 Å². The van der Waals surface area contributed by atoms with Gasteiger partial charge in [0.2, 0.25) is 6.29 Å². The first-order valence-electron chi connectivity index (χ1n) is 11.8. The minimum absolute atomic E-state index is 0.870. The maximum absolute atomic E-state index is 13.0. The van der Waals surface area contributed by atoms with E-state index in [1.165, 1.54) is 0 Å². The van der Waals surface area contributed by atoms with Gasteiger partial charge in [-0.25, -0.2) is 4.79 Å². The maximum atomic E-state index is 13.0. The van der Waals surface area contributed by atoms with E-state index >= 15 is 0 Å². The van der Waals surface area contributed by atoms with Crippen LogP contribution in [0.4, 0.5) is 0 Å². The fourth-order valence-corrected chi connectivity index (χ4v) is 4.08. The van der Waals surface area contributed by atoms with Crippen LogP contribution >= 0.6 is 0 Å². The van der Waals surface area contributed by atoms with Gasteiger partial charge in [0.15, 0.2) is 12.6 Å². The van der Waals surface area contributed by atoms with Crippen molar-refractivity contribution in [3.05, 3.63) is 0 Å². The number of ether oxygens (including phenoxy) is 6. The Bertz CT molecular complexity index is 744. The molecule has 39 heavy (non-hydrogen) atoms. The molecule has 0 spiro atoms. The summed E-state index contributed by atoms with van der Waals surface area (Å²) >= 11 is 0. The number of carbonyl (C=O) groups is 1. The van der Waals surface area contributed by atoms with Crippen molar-refractivity contribution < 1.29 is 94.5 Å². The third-order valence-corrected chi connectivity index (χ3v) is 6.49. The molecule has 0 bridgehead atoms. The van der Waals surface area contributed by atoms with Crippen LogP contribution in [-0.4, -0.2) is 185 Å². The summed E-state index contributed by atoms with van der Waals surface area (Å²) in [5, 5.41) is 119. The molecular formula is C20H34O19. The maximum Gasteiger partial charge on any atom is 0.366 e. The van der Waals surface area contributed by atoms with Crippen molar-refractivity contribution in [2.45, 2.75) is 98.4 Å². The summed E-state index contributed by atoms with van der Waals surface area (Å²) < 4.78 is 30.7.